The second-order valence-corrected chi connectivity index (χ2v) is 8.43. The van der Waals surface area contributed by atoms with Crippen molar-refractivity contribution < 1.29 is 14.4 Å². The van der Waals surface area contributed by atoms with Crippen LogP contribution in [0.2, 0.25) is 0 Å². The van der Waals surface area contributed by atoms with Crippen LogP contribution in [0.4, 0.5) is 4.79 Å². The van der Waals surface area contributed by atoms with E-state index in [2.05, 4.69) is 5.32 Å². The van der Waals surface area contributed by atoms with Crippen molar-refractivity contribution in [3.05, 3.63) is 22.4 Å². The number of hydrogen-bond acceptors (Lipinski definition) is 6. The maximum Gasteiger partial charge on any atom is 0.327 e. The highest BCUT2D eigenvalue weighted by atomic mass is 32.2. The van der Waals surface area contributed by atoms with Crippen LogP contribution < -0.4 is 5.32 Å². The SMILES string of the molecule is O=C([C@H]1CSCN1)N1CCN2C(=O)N(CCc3cccs3)C(=O)[C@@H]2C1. The minimum absolute atomic E-state index is 0.0435. The topological polar surface area (TPSA) is 73.0 Å². The summed E-state index contributed by atoms with van der Waals surface area (Å²) in [6.07, 6.45) is 0.682. The summed E-state index contributed by atoms with van der Waals surface area (Å²) in [5.41, 5.74) is 0. The van der Waals surface area contributed by atoms with E-state index >= 15 is 0 Å². The van der Waals surface area contributed by atoms with E-state index in [1.54, 1.807) is 32.9 Å². The Labute approximate surface area is 154 Å². The first-order valence-corrected chi connectivity index (χ1v) is 10.4. The predicted octanol–water partition coefficient (Wildman–Crippen LogP) is 0.428. The summed E-state index contributed by atoms with van der Waals surface area (Å²) >= 11 is 3.33. The summed E-state index contributed by atoms with van der Waals surface area (Å²) in [5, 5.41) is 5.17. The van der Waals surface area contributed by atoms with Gasteiger partial charge in [-0.3, -0.25) is 19.8 Å². The van der Waals surface area contributed by atoms with E-state index in [4.69, 9.17) is 0 Å². The van der Waals surface area contributed by atoms with E-state index in [1.807, 2.05) is 17.5 Å². The molecule has 25 heavy (non-hydrogen) atoms. The highest BCUT2D eigenvalue weighted by molar-refractivity contribution is 7.99. The Kier molecular flexibility index (Phi) is 4.70. The fourth-order valence-electron chi connectivity index (χ4n) is 3.51. The van der Waals surface area contributed by atoms with Crippen LogP contribution in [-0.2, 0) is 16.0 Å². The maximum absolute atomic E-state index is 12.7. The summed E-state index contributed by atoms with van der Waals surface area (Å²) in [5.74, 6) is 1.42. The molecule has 0 spiro atoms. The molecule has 1 aromatic rings. The molecule has 4 heterocycles. The smallest absolute Gasteiger partial charge is 0.327 e. The third-order valence-corrected chi connectivity index (χ3v) is 6.77. The molecule has 3 aliphatic heterocycles. The molecule has 0 saturated carbocycles. The van der Waals surface area contributed by atoms with Crippen molar-refractivity contribution in [1.29, 1.82) is 0 Å². The molecule has 9 heteroatoms. The fraction of sp³-hybridized carbons (Fsp3) is 0.562. The third-order valence-electron chi connectivity index (χ3n) is 4.90. The number of carbonyl (C=O) groups excluding carboxylic acids is 3. The molecule has 1 N–H and O–H groups in total. The number of amides is 4. The zero-order chi connectivity index (χ0) is 17.4. The van der Waals surface area contributed by atoms with E-state index in [0.717, 1.165) is 16.5 Å². The van der Waals surface area contributed by atoms with Gasteiger partial charge in [-0.15, -0.1) is 23.1 Å². The maximum atomic E-state index is 12.7. The lowest BCUT2D eigenvalue weighted by Crippen LogP contribution is -2.57. The number of piperazine rings is 1. The van der Waals surface area contributed by atoms with Gasteiger partial charge < -0.3 is 9.80 Å². The molecule has 0 aromatic carbocycles. The molecule has 3 fully saturated rings. The van der Waals surface area contributed by atoms with E-state index in [0.29, 0.717) is 32.6 Å². The molecule has 3 saturated heterocycles. The molecule has 0 aliphatic carbocycles. The van der Waals surface area contributed by atoms with Crippen LogP contribution in [0.1, 0.15) is 4.88 Å². The lowest BCUT2D eigenvalue weighted by Gasteiger charge is -2.36. The molecule has 7 nitrogen and oxygen atoms in total. The molecule has 4 rings (SSSR count). The van der Waals surface area contributed by atoms with E-state index < -0.39 is 6.04 Å². The van der Waals surface area contributed by atoms with Crippen LogP contribution in [0, 0.1) is 0 Å². The Hall–Kier alpha value is -1.58. The Morgan fingerprint density at radius 2 is 2.20 bits per heavy atom. The fourth-order valence-corrected chi connectivity index (χ4v) is 5.14. The van der Waals surface area contributed by atoms with Crippen molar-refractivity contribution in [2.24, 2.45) is 0 Å². The molecule has 0 unspecified atom stereocenters. The molecule has 1 aromatic heterocycles. The van der Waals surface area contributed by atoms with Gasteiger partial charge in [0.25, 0.3) is 5.91 Å². The minimum atomic E-state index is -0.525. The molecular weight excluding hydrogens is 360 g/mol. The molecular formula is C16H20N4O3S2. The summed E-state index contributed by atoms with van der Waals surface area (Å²) in [6.45, 7) is 1.63. The first kappa shape index (κ1) is 16.9. The highest BCUT2D eigenvalue weighted by Gasteiger charge is 2.48. The van der Waals surface area contributed by atoms with Crippen LogP contribution in [0.15, 0.2) is 17.5 Å². The van der Waals surface area contributed by atoms with Gasteiger partial charge in [-0.05, 0) is 17.9 Å². The third kappa shape index (κ3) is 3.16. The number of carbonyl (C=O) groups is 3. The van der Waals surface area contributed by atoms with E-state index in [1.165, 1.54) is 4.90 Å². The number of fused-ring (bicyclic) bond motifs is 1. The van der Waals surface area contributed by atoms with Gasteiger partial charge in [-0.2, -0.15) is 0 Å². The van der Waals surface area contributed by atoms with E-state index in [-0.39, 0.29) is 23.9 Å². The average molecular weight is 380 g/mol. The normalized spacial score (nSPS) is 26.5. The molecule has 4 amide bonds. The first-order chi connectivity index (χ1) is 12.1. The lowest BCUT2D eigenvalue weighted by atomic mass is 10.1. The number of rotatable bonds is 4. The number of hydrogen-bond donors (Lipinski definition) is 1. The summed E-state index contributed by atoms with van der Waals surface area (Å²) in [6, 6.07) is 3.07. The second-order valence-electron chi connectivity index (χ2n) is 6.37. The summed E-state index contributed by atoms with van der Waals surface area (Å²) < 4.78 is 0. The number of imide groups is 1. The van der Waals surface area contributed by atoms with Crippen molar-refractivity contribution >= 4 is 40.9 Å². The van der Waals surface area contributed by atoms with E-state index in [9.17, 15) is 14.4 Å². The molecule has 2 atom stereocenters. The predicted molar refractivity (Wildman–Crippen MR) is 96.5 cm³/mol. The number of thioether (sulfide) groups is 1. The van der Waals surface area contributed by atoms with Gasteiger partial charge in [0, 0.05) is 36.1 Å². The molecule has 134 valence electrons. The highest BCUT2D eigenvalue weighted by Crippen LogP contribution is 2.24. The first-order valence-electron chi connectivity index (χ1n) is 8.39. The van der Waals surface area contributed by atoms with Gasteiger partial charge in [-0.1, -0.05) is 6.07 Å². The van der Waals surface area contributed by atoms with Crippen molar-refractivity contribution in [3.8, 4) is 0 Å². The van der Waals surface area contributed by atoms with Crippen LogP contribution in [0.3, 0.4) is 0 Å². The molecule has 0 bridgehead atoms. The number of nitrogens with zero attached hydrogens (tertiary/aromatic N) is 3. The van der Waals surface area contributed by atoms with Gasteiger partial charge in [0.05, 0.1) is 12.6 Å². The summed E-state index contributed by atoms with van der Waals surface area (Å²) in [4.78, 5) is 43.7. The molecule has 0 radical (unpaired) electrons. The Morgan fingerprint density at radius 1 is 1.32 bits per heavy atom. The van der Waals surface area contributed by atoms with Crippen LogP contribution in [0.5, 0.6) is 0 Å². The van der Waals surface area contributed by atoms with Crippen LogP contribution in [0.25, 0.3) is 0 Å². The number of thiophene rings is 1. The zero-order valence-corrected chi connectivity index (χ0v) is 15.4. The number of urea groups is 1. The molecule has 3 aliphatic rings. The van der Waals surface area contributed by atoms with Gasteiger partial charge in [0.2, 0.25) is 5.91 Å². The van der Waals surface area contributed by atoms with Gasteiger partial charge in [0.1, 0.15) is 6.04 Å². The number of nitrogens with one attached hydrogen (secondary N) is 1. The average Bonchev–Trinajstić information content (AvgIpc) is 3.36. The summed E-state index contributed by atoms with van der Waals surface area (Å²) in [7, 11) is 0. The largest absolute Gasteiger partial charge is 0.337 e. The monoisotopic (exact) mass is 380 g/mol. The standard InChI is InChI=1S/C16H20N4O3S2/c21-14(12-9-24-10-17-12)18-5-6-19-13(8-18)15(22)20(16(19)23)4-3-11-2-1-7-25-11/h1-2,7,12-13,17H,3-6,8-10H2/t12-,13+/m1/s1. The quantitative estimate of drug-likeness (QED) is 0.767. The van der Waals surface area contributed by atoms with Crippen molar-refractivity contribution in [3.63, 3.8) is 0 Å². The minimum Gasteiger partial charge on any atom is -0.337 e. The van der Waals surface area contributed by atoms with Gasteiger partial charge in [0.15, 0.2) is 0 Å². The lowest BCUT2D eigenvalue weighted by molar-refractivity contribution is -0.137. The Bertz CT molecular complexity index is 675. The Balaban J connectivity index is 1.41. The van der Waals surface area contributed by atoms with Gasteiger partial charge >= 0.3 is 6.03 Å². The van der Waals surface area contributed by atoms with Crippen molar-refractivity contribution in [1.82, 2.24) is 20.0 Å². The van der Waals surface area contributed by atoms with Crippen molar-refractivity contribution in [2.45, 2.75) is 18.5 Å². The van der Waals surface area contributed by atoms with Gasteiger partial charge in [-0.25, -0.2) is 4.79 Å². The van der Waals surface area contributed by atoms with Crippen LogP contribution in [-0.4, -0.2) is 82.4 Å². The zero-order valence-electron chi connectivity index (χ0n) is 13.7. The van der Waals surface area contributed by atoms with Crippen LogP contribution >= 0.6 is 23.1 Å². The van der Waals surface area contributed by atoms with Crippen molar-refractivity contribution in [2.75, 3.05) is 37.8 Å². The second kappa shape index (κ2) is 6.97. The Morgan fingerprint density at radius 3 is 2.92 bits per heavy atom.